The van der Waals surface area contributed by atoms with Crippen molar-refractivity contribution in [3.8, 4) is 0 Å². The molecule has 4 N–H and O–H groups in total. The van der Waals surface area contributed by atoms with E-state index in [0.29, 0.717) is 17.6 Å². The maximum atomic E-state index is 6.05. The van der Waals surface area contributed by atoms with E-state index < -0.39 is 0 Å². The van der Waals surface area contributed by atoms with Crippen LogP contribution in [0.15, 0.2) is 0 Å². The molecule has 0 aromatic carbocycles. The van der Waals surface area contributed by atoms with Gasteiger partial charge in [0, 0.05) is 31.8 Å². The first kappa shape index (κ1) is 13.8. The maximum Gasteiger partial charge on any atom is 0.185 e. The third kappa shape index (κ3) is 2.30. The minimum Gasteiger partial charge on any atom is -0.384 e. The number of nitrogens with two attached hydrogens (primary N) is 1. The van der Waals surface area contributed by atoms with Crippen molar-refractivity contribution in [3.63, 3.8) is 0 Å². The number of nitrogen functional groups attached to an aromatic ring is 1. The van der Waals surface area contributed by atoms with Crippen LogP contribution in [0.5, 0.6) is 0 Å². The van der Waals surface area contributed by atoms with E-state index >= 15 is 0 Å². The molecule has 0 aliphatic carbocycles. The van der Waals surface area contributed by atoms with Gasteiger partial charge >= 0.3 is 0 Å². The van der Waals surface area contributed by atoms with Gasteiger partial charge in [-0.25, -0.2) is 4.98 Å². The summed E-state index contributed by atoms with van der Waals surface area (Å²) in [6.45, 7) is 3.59. The molecule has 7 nitrogen and oxygen atoms in total. The minimum absolute atomic E-state index is 0.290. The molecule has 1 saturated heterocycles. The second-order valence-corrected chi connectivity index (χ2v) is 6.26. The number of fused-ring (bicyclic) bond motifs is 3. The predicted octanol–water partition coefficient (Wildman–Crippen LogP) is 1.12. The summed E-state index contributed by atoms with van der Waals surface area (Å²) in [4.78, 5) is 7.00. The molecule has 4 rings (SSSR count). The molecule has 7 heteroatoms. The number of aromatic nitrogens is 3. The van der Waals surface area contributed by atoms with Crippen molar-refractivity contribution in [3.05, 3.63) is 11.1 Å². The van der Waals surface area contributed by atoms with Crippen LogP contribution in [0, 0.1) is 0 Å². The Balaban J connectivity index is 1.71. The van der Waals surface area contributed by atoms with Crippen LogP contribution < -0.4 is 11.1 Å². The Kier molecular flexibility index (Phi) is 3.38. The highest BCUT2D eigenvalue weighted by atomic mass is 16.5. The number of ether oxygens (including phenoxy) is 1. The quantitative estimate of drug-likeness (QED) is 0.787. The van der Waals surface area contributed by atoms with Crippen LogP contribution >= 0.6 is 0 Å². The fourth-order valence-electron chi connectivity index (χ4n) is 3.45. The fourth-order valence-corrected chi connectivity index (χ4v) is 3.45. The molecule has 0 saturated carbocycles. The monoisotopic (exact) mass is 302 g/mol. The number of nitrogens with one attached hydrogen (secondary N) is 2. The maximum absolute atomic E-state index is 6.05. The summed E-state index contributed by atoms with van der Waals surface area (Å²) in [5, 5.41) is 11.6. The first-order valence-corrected chi connectivity index (χ1v) is 7.91. The smallest absolute Gasteiger partial charge is 0.185 e. The van der Waals surface area contributed by atoms with Gasteiger partial charge in [0.2, 0.25) is 0 Å². The standard InChI is InChI=1S/C15H22N6O/c1-21-5-4-10-11(8-21)14(17-7-9-3-2-6-22-9)18-15-12(10)13(16)19-20-15/h9H,2-8H2,1H3,(H4,16,17,18,19,20)/t9-/m1/s1. The number of pyridine rings is 1. The lowest BCUT2D eigenvalue weighted by molar-refractivity contribution is 0.120. The average Bonchev–Trinajstić information content (AvgIpc) is 3.15. The van der Waals surface area contributed by atoms with Gasteiger partial charge in [-0.15, -0.1) is 0 Å². The lowest BCUT2D eigenvalue weighted by atomic mass is 9.97. The molecule has 1 fully saturated rings. The molecule has 118 valence electrons. The van der Waals surface area contributed by atoms with Crippen LogP contribution in [0.25, 0.3) is 11.0 Å². The molecule has 0 bridgehead atoms. The van der Waals surface area contributed by atoms with E-state index in [1.807, 2.05) is 0 Å². The molecule has 2 aromatic heterocycles. The van der Waals surface area contributed by atoms with Crippen molar-refractivity contribution < 1.29 is 4.74 Å². The summed E-state index contributed by atoms with van der Waals surface area (Å²) >= 11 is 0. The molecule has 2 aliphatic heterocycles. The van der Waals surface area contributed by atoms with E-state index in [1.165, 1.54) is 11.1 Å². The molecule has 0 spiro atoms. The topological polar surface area (TPSA) is 92.1 Å². The van der Waals surface area contributed by atoms with Gasteiger partial charge in [-0.2, -0.15) is 5.10 Å². The number of hydrogen-bond acceptors (Lipinski definition) is 6. The highest BCUT2D eigenvalue weighted by Crippen LogP contribution is 2.33. The first-order valence-electron chi connectivity index (χ1n) is 7.91. The lowest BCUT2D eigenvalue weighted by Crippen LogP contribution is -2.29. The van der Waals surface area contributed by atoms with Crippen LogP contribution in [0.4, 0.5) is 11.6 Å². The largest absolute Gasteiger partial charge is 0.384 e. The van der Waals surface area contributed by atoms with Crippen molar-refractivity contribution in [2.24, 2.45) is 0 Å². The Labute approximate surface area is 129 Å². The molecule has 4 heterocycles. The van der Waals surface area contributed by atoms with E-state index in [-0.39, 0.29) is 0 Å². The Morgan fingerprint density at radius 3 is 3.18 bits per heavy atom. The van der Waals surface area contributed by atoms with Crippen molar-refractivity contribution in [2.75, 3.05) is 37.8 Å². The third-order valence-electron chi connectivity index (χ3n) is 4.64. The van der Waals surface area contributed by atoms with E-state index in [1.54, 1.807) is 0 Å². The molecule has 22 heavy (non-hydrogen) atoms. The zero-order valence-corrected chi connectivity index (χ0v) is 12.9. The van der Waals surface area contributed by atoms with E-state index in [4.69, 9.17) is 10.5 Å². The lowest BCUT2D eigenvalue weighted by Gasteiger charge is -2.27. The van der Waals surface area contributed by atoms with Crippen LogP contribution in [0.2, 0.25) is 0 Å². The number of likely N-dealkylation sites (N-methyl/N-ethyl adjacent to an activating group) is 1. The van der Waals surface area contributed by atoms with Gasteiger partial charge < -0.3 is 20.7 Å². The molecule has 2 aliphatic rings. The molecule has 1 atom stereocenters. The zero-order valence-electron chi connectivity index (χ0n) is 12.9. The molecule has 0 amide bonds. The first-order chi connectivity index (χ1) is 10.7. The van der Waals surface area contributed by atoms with Gasteiger partial charge in [0.25, 0.3) is 0 Å². The van der Waals surface area contributed by atoms with Gasteiger partial charge in [-0.05, 0) is 31.9 Å². The number of H-pyrrole nitrogens is 1. The van der Waals surface area contributed by atoms with Gasteiger partial charge in [0.15, 0.2) is 5.65 Å². The van der Waals surface area contributed by atoms with Crippen LogP contribution in [-0.4, -0.2) is 52.9 Å². The SMILES string of the molecule is CN1CCc2c(c(NC[C@H]3CCCO3)nc3n[nH]c(N)c23)C1. The van der Waals surface area contributed by atoms with Crippen molar-refractivity contribution >= 4 is 22.7 Å². The summed E-state index contributed by atoms with van der Waals surface area (Å²) in [6, 6.07) is 0. The van der Waals surface area contributed by atoms with Gasteiger partial charge in [-0.1, -0.05) is 0 Å². The van der Waals surface area contributed by atoms with Crippen LogP contribution in [0.3, 0.4) is 0 Å². The Hall–Kier alpha value is -1.86. The Bertz CT molecular complexity index is 691. The second-order valence-electron chi connectivity index (χ2n) is 6.26. The molecular formula is C15H22N6O. The van der Waals surface area contributed by atoms with Gasteiger partial charge in [0.1, 0.15) is 11.6 Å². The average molecular weight is 302 g/mol. The molecule has 0 unspecified atom stereocenters. The fraction of sp³-hybridized carbons (Fsp3) is 0.600. The highest BCUT2D eigenvalue weighted by molar-refractivity contribution is 5.92. The van der Waals surface area contributed by atoms with E-state index in [0.717, 1.165) is 56.7 Å². The Morgan fingerprint density at radius 2 is 2.36 bits per heavy atom. The normalized spacial score (nSPS) is 22.1. The molecule has 2 aromatic rings. The highest BCUT2D eigenvalue weighted by Gasteiger charge is 2.24. The predicted molar refractivity (Wildman–Crippen MR) is 85.8 cm³/mol. The second kappa shape index (κ2) is 5.40. The number of hydrogen-bond donors (Lipinski definition) is 3. The molecule has 0 radical (unpaired) electrons. The summed E-state index contributed by atoms with van der Waals surface area (Å²) in [5.74, 6) is 1.55. The summed E-state index contributed by atoms with van der Waals surface area (Å²) in [7, 11) is 2.13. The van der Waals surface area contributed by atoms with Crippen molar-refractivity contribution in [1.82, 2.24) is 20.1 Å². The number of nitrogens with zero attached hydrogens (tertiary/aromatic N) is 3. The Morgan fingerprint density at radius 1 is 1.45 bits per heavy atom. The number of anilines is 2. The summed E-state index contributed by atoms with van der Waals surface area (Å²) in [6.07, 6.45) is 3.53. The molecular weight excluding hydrogens is 280 g/mol. The van der Waals surface area contributed by atoms with Crippen molar-refractivity contribution in [2.45, 2.75) is 31.9 Å². The summed E-state index contributed by atoms with van der Waals surface area (Å²) in [5.41, 5.74) is 9.28. The van der Waals surface area contributed by atoms with Gasteiger partial charge in [0.05, 0.1) is 11.5 Å². The zero-order chi connectivity index (χ0) is 15.1. The van der Waals surface area contributed by atoms with Crippen LogP contribution in [-0.2, 0) is 17.7 Å². The van der Waals surface area contributed by atoms with E-state index in [2.05, 4.69) is 32.4 Å². The third-order valence-corrected chi connectivity index (χ3v) is 4.64. The number of aromatic amines is 1. The minimum atomic E-state index is 0.290. The van der Waals surface area contributed by atoms with E-state index in [9.17, 15) is 0 Å². The number of rotatable bonds is 3. The van der Waals surface area contributed by atoms with Gasteiger partial charge in [-0.3, -0.25) is 5.10 Å². The van der Waals surface area contributed by atoms with Crippen LogP contribution in [0.1, 0.15) is 24.0 Å². The summed E-state index contributed by atoms with van der Waals surface area (Å²) < 4.78 is 5.69. The van der Waals surface area contributed by atoms with Crippen molar-refractivity contribution in [1.29, 1.82) is 0 Å².